The SMILES string of the molecule is CC.CC.CNN/C(C1=Cc2cccc(C)c2CCC1)=C(/C)NC. The Hall–Kier alpha value is -1.74. The van der Waals surface area contributed by atoms with Crippen LogP contribution < -0.4 is 16.2 Å². The molecule has 0 radical (unpaired) electrons. The zero-order valence-electron chi connectivity index (χ0n) is 16.9. The van der Waals surface area contributed by atoms with Gasteiger partial charge in [0.1, 0.15) is 0 Å². The van der Waals surface area contributed by atoms with E-state index in [0.29, 0.717) is 0 Å². The lowest BCUT2D eigenvalue weighted by Gasteiger charge is -2.16. The Morgan fingerprint density at radius 3 is 2.25 bits per heavy atom. The second-order valence-corrected chi connectivity index (χ2v) is 5.29. The second kappa shape index (κ2) is 12.7. The number of nitrogens with one attached hydrogen (secondary N) is 3. The summed E-state index contributed by atoms with van der Waals surface area (Å²) >= 11 is 0. The van der Waals surface area contributed by atoms with Crippen LogP contribution in [0.15, 0.2) is 35.2 Å². The number of fused-ring (bicyclic) bond motifs is 1. The number of rotatable bonds is 4. The molecule has 1 aliphatic carbocycles. The fourth-order valence-corrected chi connectivity index (χ4v) is 2.78. The Kier molecular flexibility index (Phi) is 11.7. The van der Waals surface area contributed by atoms with Gasteiger partial charge in [-0.05, 0) is 61.4 Å². The molecule has 0 saturated carbocycles. The van der Waals surface area contributed by atoms with Crippen molar-refractivity contribution in [2.45, 2.75) is 60.8 Å². The molecular weight excluding hydrogens is 294 g/mol. The highest BCUT2D eigenvalue weighted by Gasteiger charge is 2.14. The first-order chi connectivity index (χ1) is 11.7. The molecule has 24 heavy (non-hydrogen) atoms. The minimum atomic E-state index is 1.09. The van der Waals surface area contributed by atoms with Crippen molar-refractivity contribution in [3.8, 4) is 0 Å². The zero-order chi connectivity index (χ0) is 18.5. The van der Waals surface area contributed by atoms with Gasteiger partial charge in [0.05, 0.1) is 5.70 Å². The first-order valence-electron chi connectivity index (χ1n) is 9.28. The quantitative estimate of drug-likeness (QED) is 0.684. The highest BCUT2D eigenvalue weighted by molar-refractivity contribution is 5.63. The molecule has 0 aliphatic heterocycles. The molecule has 0 heterocycles. The number of aryl methyl sites for hydroxylation is 1. The van der Waals surface area contributed by atoms with E-state index in [9.17, 15) is 0 Å². The summed E-state index contributed by atoms with van der Waals surface area (Å²) in [6.07, 6.45) is 5.77. The Morgan fingerprint density at radius 2 is 1.67 bits per heavy atom. The Balaban J connectivity index is 0.00000123. The van der Waals surface area contributed by atoms with Crippen LogP contribution in [0.1, 0.15) is 64.2 Å². The maximum Gasteiger partial charge on any atom is 0.0706 e. The van der Waals surface area contributed by atoms with E-state index >= 15 is 0 Å². The molecule has 3 nitrogen and oxygen atoms in total. The molecule has 0 atom stereocenters. The summed E-state index contributed by atoms with van der Waals surface area (Å²) in [4.78, 5) is 0. The zero-order valence-corrected chi connectivity index (χ0v) is 16.9. The summed E-state index contributed by atoms with van der Waals surface area (Å²) in [5, 5.41) is 3.24. The number of benzene rings is 1. The topological polar surface area (TPSA) is 36.1 Å². The van der Waals surface area contributed by atoms with Crippen LogP contribution in [0.5, 0.6) is 0 Å². The molecule has 2 rings (SSSR count). The van der Waals surface area contributed by atoms with Gasteiger partial charge in [-0.2, -0.15) is 0 Å². The third-order valence-corrected chi connectivity index (χ3v) is 3.97. The molecule has 3 N–H and O–H groups in total. The van der Waals surface area contributed by atoms with Gasteiger partial charge in [-0.1, -0.05) is 45.9 Å². The number of hydrogen-bond donors (Lipinski definition) is 3. The average Bonchev–Trinajstić information content (AvgIpc) is 2.86. The third kappa shape index (κ3) is 6.04. The summed E-state index contributed by atoms with van der Waals surface area (Å²) in [5.41, 5.74) is 14.2. The largest absolute Gasteiger partial charge is 0.390 e. The van der Waals surface area contributed by atoms with Gasteiger partial charge in [-0.15, -0.1) is 0 Å². The van der Waals surface area contributed by atoms with Gasteiger partial charge in [0.15, 0.2) is 0 Å². The summed E-state index contributed by atoms with van der Waals surface area (Å²) < 4.78 is 0. The highest BCUT2D eigenvalue weighted by atomic mass is 15.3. The lowest BCUT2D eigenvalue weighted by molar-refractivity contribution is 0.667. The molecule has 0 fully saturated rings. The van der Waals surface area contributed by atoms with Crippen molar-refractivity contribution in [3.63, 3.8) is 0 Å². The van der Waals surface area contributed by atoms with Gasteiger partial charge >= 0.3 is 0 Å². The number of hydrogen-bond acceptors (Lipinski definition) is 3. The molecule has 1 aliphatic rings. The van der Waals surface area contributed by atoms with Crippen LogP contribution in [-0.2, 0) is 6.42 Å². The molecule has 3 heteroatoms. The Morgan fingerprint density at radius 1 is 1.00 bits per heavy atom. The van der Waals surface area contributed by atoms with Crippen LogP contribution in [0, 0.1) is 6.92 Å². The lowest BCUT2D eigenvalue weighted by Crippen LogP contribution is -2.30. The van der Waals surface area contributed by atoms with Crippen molar-refractivity contribution in [2.75, 3.05) is 14.1 Å². The molecule has 0 spiro atoms. The van der Waals surface area contributed by atoms with Gasteiger partial charge in [-0.3, -0.25) is 0 Å². The Labute approximate surface area is 149 Å². The molecule has 0 saturated heterocycles. The van der Waals surface area contributed by atoms with E-state index in [-0.39, 0.29) is 0 Å². The van der Waals surface area contributed by atoms with Gasteiger partial charge < -0.3 is 10.7 Å². The minimum absolute atomic E-state index is 1.09. The maximum absolute atomic E-state index is 3.28. The van der Waals surface area contributed by atoms with Crippen LogP contribution in [-0.4, -0.2) is 14.1 Å². The van der Waals surface area contributed by atoms with E-state index in [0.717, 1.165) is 24.2 Å². The van der Waals surface area contributed by atoms with Crippen molar-refractivity contribution in [1.29, 1.82) is 0 Å². The smallest absolute Gasteiger partial charge is 0.0706 e. The minimum Gasteiger partial charge on any atom is -0.390 e. The van der Waals surface area contributed by atoms with Crippen LogP contribution in [0.4, 0.5) is 0 Å². The molecule has 0 amide bonds. The molecular formula is C21H37N3. The molecule has 0 unspecified atom stereocenters. The fraction of sp³-hybridized carbons (Fsp3) is 0.524. The molecule has 136 valence electrons. The molecule has 0 aromatic heterocycles. The van der Waals surface area contributed by atoms with Gasteiger partial charge in [0, 0.05) is 19.8 Å². The average molecular weight is 332 g/mol. The van der Waals surface area contributed by atoms with Gasteiger partial charge in [0.25, 0.3) is 0 Å². The van der Waals surface area contributed by atoms with Crippen molar-refractivity contribution in [3.05, 3.63) is 51.9 Å². The summed E-state index contributed by atoms with van der Waals surface area (Å²) in [7, 11) is 3.86. The van der Waals surface area contributed by atoms with E-state index in [1.807, 2.05) is 41.8 Å². The van der Waals surface area contributed by atoms with Crippen LogP contribution in [0.25, 0.3) is 6.08 Å². The van der Waals surface area contributed by atoms with Crippen molar-refractivity contribution in [1.82, 2.24) is 16.2 Å². The van der Waals surface area contributed by atoms with Gasteiger partial charge in [-0.25, -0.2) is 5.43 Å². The lowest BCUT2D eigenvalue weighted by atomic mass is 9.99. The first-order valence-corrected chi connectivity index (χ1v) is 9.28. The van der Waals surface area contributed by atoms with E-state index < -0.39 is 0 Å². The summed E-state index contributed by atoms with van der Waals surface area (Å²) in [6.45, 7) is 12.3. The van der Waals surface area contributed by atoms with Crippen molar-refractivity contribution < 1.29 is 0 Å². The van der Waals surface area contributed by atoms with E-state index in [1.165, 1.54) is 28.7 Å². The van der Waals surface area contributed by atoms with Crippen LogP contribution in [0.3, 0.4) is 0 Å². The predicted molar refractivity (Wildman–Crippen MR) is 109 cm³/mol. The van der Waals surface area contributed by atoms with Crippen LogP contribution in [0.2, 0.25) is 0 Å². The summed E-state index contributed by atoms with van der Waals surface area (Å²) in [5.74, 6) is 0. The first kappa shape index (κ1) is 22.3. The molecule has 1 aromatic rings. The third-order valence-electron chi connectivity index (χ3n) is 3.97. The van der Waals surface area contributed by atoms with E-state index in [2.05, 4.69) is 54.3 Å². The summed E-state index contributed by atoms with van der Waals surface area (Å²) in [6, 6.07) is 6.58. The maximum atomic E-state index is 3.28. The fourth-order valence-electron chi connectivity index (χ4n) is 2.78. The monoisotopic (exact) mass is 331 g/mol. The second-order valence-electron chi connectivity index (χ2n) is 5.29. The molecule has 0 bridgehead atoms. The van der Waals surface area contributed by atoms with E-state index in [1.54, 1.807) is 0 Å². The normalized spacial score (nSPS) is 13.6. The number of allylic oxidation sites excluding steroid dienone is 2. The van der Waals surface area contributed by atoms with E-state index in [4.69, 9.17) is 0 Å². The Bertz CT molecular complexity index is 542. The highest BCUT2D eigenvalue weighted by Crippen LogP contribution is 2.28. The van der Waals surface area contributed by atoms with Crippen molar-refractivity contribution in [2.24, 2.45) is 0 Å². The number of hydrazine groups is 1. The standard InChI is InChI=1S/C17H25N3.2C2H6/c1-12-7-5-8-14-11-15(9-6-10-16(12)14)17(20-19-4)13(2)18-3;2*1-2/h5,7-8,11,18-20H,6,9-10H2,1-4H3;2*1-2H3/b17-13-;;. The van der Waals surface area contributed by atoms with Crippen molar-refractivity contribution >= 4 is 6.08 Å². The predicted octanol–water partition coefficient (Wildman–Crippen LogP) is 4.94. The van der Waals surface area contributed by atoms with Crippen LogP contribution >= 0.6 is 0 Å². The molecule has 1 aromatic carbocycles. The van der Waals surface area contributed by atoms with Gasteiger partial charge in [0.2, 0.25) is 0 Å².